The van der Waals surface area contributed by atoms with Gasteiger partial charge in [0.1, 0.15) is 6.04 Å². The van der Waals surface area contributed by atoms with Gasteiger partial charge >= 0.3 is 0 Å². The second-order valence-electron chi connectivity index (χ2n) is 4.80. The fourth-order valence-electron chi connectivity index (χ4n) is 1.17. The van der Waals surface area contributed by atoms with Gasteiger partial charge in [-0.2, -0.15) is 0 Å². The van der Waals surface area contributed by atoms with Crippen molar-refractivity contribution in [2.24, 2.45) is 0 Å². The Balaban J connectivity index is 2.64. The van der Waals surface area contributed by atoms with E-state index in [1.807, 2.05) is 20.8 Å². The van der Waals surface area contributed by atoms with Crippen LogP contribution in [0.15, 0.2) is 12.4 Å². The van der Waals surface area contributed by atoms with Gasteiger partial charge in [0.15, 0.2) is 11.0 Å². The third-order valence-electron chi connectivity index (χ3n) is 1.90. The highest BCUT2D eigenvalue weighted by Crippen LogP contribution is 2.15. The number of rotatable bonds is 3. The zero-order valence-electron chi connectivity index (χ0n) is 10.4. The first kappa shape index (κ1) is 13.7. The standard InChI is InChI=1S/C11H17ClN4O/c1-7(10(17)16-11(2,3)4)15-9-8(12)13-5-6-14-9/h5-7H,1-4H3,(H,14,15)(H,16,17). The monoisotopic (exact) mass is 256 g/mol. The van der Waals surface area contributed by atoms with Crippen LogP contribution in [0.3, 0.4) is 0 Å². The molecule has 17 heavy (non-hydrogen) atoms. The highest BCUT2D eigenvalue weighted by molar-refractivity contribution is 6.31. The molecule has 5 nitrogen and oxygen atoms in total. The predicted octanol–water partition coefficient (Wildman–Crippen LogP) is 1.85. The molecule has 0 spiro atoms. The Hall–Kier alpha value is -1.36. The largest absolute Gasteiger partial charge is 0.356 e. The molecule has 1 rings (SSSR count). The van der Waals surface area contributed by atoms with E-state index in [9.17, 15) is 4.79 Å². The minimum Gasteiger partial charge on any atom is -0.356 e. The molecule has 1 unspecified atom stereocenters. The molecule has 1 atom stereocenters. The molecule has 0 fully saturated rings. The zero-order valence-corrected chi connectivity index (χ0v) is 11.2. The maximum Gasteiger partial charge on any atom is 0.242 e. The maximum atomic E-state index is 11.8. The van der Waals surface area contributed by atoms with E-state index < -0.39 is 6.04 Å². The van der Waals surface area contributed by atoms with Crippen LogP contribution in [-0.4, -0.2) is 27.5 Å². The lowest BCUT2D eigenvalue weighted by Gasteiger charge is -2.23. The summed E-state index contributed by atoms with van der Waals surface area (Å²) in [6, 6.07) is -0.427. The van der Waals surface area contributed by atoms with E-state index in [1.165, 1.54) is 12.4 Å². The number of carbonyl (C=O) groups is 1. The van der Waals surface area contributed by atoms with E-state index in [4.69, 9.17) is 11.6 Å². The van der Waals surface area contributed by atoms with Gasteiger partial charge in [-0.1, -0.05) is 11.6 Å². The van der Waals surface area contributed by atoms with Crippen molar-refractivity contribution in [2.75, 3.05) is 5.32 Å². The van der Waals surface area contributed by atoms with Crippen molar-refractivity contribution in [3.8, 4) is 0 Å². The van der Waals surface area contributed by atoms with E-state index in [2.05, 4.69) is 20.6 Å². The number of carbonyl (C=O) groups excluding carboxylic acids is 1. The van der Waals surface area contributed by atoms with Crippen LogP contribution in [0.1, 0.15) is 27.7 Å². The summed E-state index contributed by atoms with van der Waals surface area (Å²) in [6.07, 6.45) is 3.01. The third kappa shape index (κ3) is 4.56. The van der Waals surface area contributed by atoms with Gasteiger partial charge in [0.05, 0.1) is 0 Å². The summed E-state index contributed by atoms with van der Waals surface area (Å²) >= 11 is 5.84. The third-order valence-corrected chi connectivity index (χ3v) is 2.17. The number of amides is 1. The summed E-state index contributed by atoms with van der Waals surface area (Å²) in [7, 11) is 0. The van der Waals surface area contributed by atoms with Gasteiger partial charge in [-0.3, -0.25) is 4.79 Å². The lowest BCUT2D eigenvalue weighted by atomic mass is 10.1. The molecular weight excluding hydrogens is 240 g/mol. The SMILES string of the molecule is CC(Nc1nccnc1Cl)C(=O)NC(C)(C)C. The van der Waals surface area contributed by atoms with Crippen LogP contribution >= 0.6 is 11.6 Å². The highest BCUT2D eigenvalue weighted by atomic mass is 35.5. The Kier molecular flexibility index (Phi) is 4.28. The number of hydrogen-bond acceptors (Lipinski definition) is 4. The summed E-state index contributed by atoms with van der Waals surface area (Å²) in [6.45, 7) is 7.51. The lowest BCUT2D eigenvalue weighted by molar-refractivity contribution is -0.122. The average Bonchev–Trinajstić information content (AvgIpc) is 2.18. The first-order valence-electron chi connectivity index (χ1n) is 5.34. The van der Waals surface area contributed by atoms with Crippen molar-refractivity contribution in [3.63, 3.8) is 0 Å². The van der Waals surface area contributed by atoms with Crippen molar-refractivity contribution >= 4 is 23.3 Å². The highest BCUT2D eigenvalue weighted by Gasteiger charge is 2.20. The van der Waals surface area contributed by atoms with Crippen LogP contribution in [0.25, 0.3) is 0 Å². The smallest absolute Gasteiger partial charge is 0.242 e. The van der Waals surface area contributed by atoms with Crippen LogP contribution in [0.5, 0.6) is 0 Å². The molecular formula is C11H17ClN4O. The van der Waals surface area contributed by atoms with Crippen molar-refractivity contribution in [1.82, 2.24) is 15.3 Å². The van der Waals surface area contributed by atoms with Crippen LogP contribution < -0.4 is 10.6 Å². The minimum atomic E-state index is -0.427. The molecule has 0 aliphatic rings. The first-order chi connectivity index (χ1) is 7.79. The van der Waals surface area contributed by atoms with Gasteiger partial charge in [0.2, 0.25) is 5.91 Å². The molecule has 0 bridgehead atoms. The Morgan fingerprint density at radius 1 is 1.35 bits per heavy atom. The van der Waals surface area contributed by atoms with E-state index in [-0.39, 0.29) is 16.6 Å². The van der Waals surface area contributed by atoms with Crippen molar-refractivity contribution < 1.29 is 4.79 Å². The molecule has 1 aromatic heterocycles. The van der Waals surface area contributed by atoms with Gasteiger partial charge in [-0.05, 0) is 27.7 Å². The summed E-state index contributed by atoms with van der Waals surface area (Å²) < 4.78 is 0. The number of nitrogens with zero attached hydrogens (tertiary/aromatic N) is 2. The molecule has 0 aromatic carbocycles. The fraction of sp³-hybridized carbons (Fsp3) is 0.545. The zero-order chi connectivity index (χ0) is 13.1. The van der Waals surface area contributed by atoms with Gasteiger partial charge in [0.25, 0.3) is 0 Å². The Labute approximate surface area is 106 Å². The molecule has 2 N–H and O–H groups in total. The first-order valence-corrected chi connectivity index (χ1v) is 5.72. The number of nitrogens with one attached hydrogen (secondary N) is 2. The van der Waals surface area contributed by atoms with Gasteiger partial charge in [-0.15, -0.1) is 0 Å². The van der Waals surface area contributed by atoms with E-state index in [1.54, 1.807) is 6.92 Å². The summed E-state index contributed by atoms with van der Waals surface area (Å²) in [5.74, 6) is 0.296. The average molecular weight is 257 g/mol. The van der Waals surface area contributed by atoms with Crippen molar-refractivity contribution in [3.05, 3.63) is 17.5 Å². The molecule has 0 radical (unpaired) electrons. The summed E-state index contributed by atoms with van der Waals surface area (Å²) in [5, 5.41) is 6.03. The molecule has 1 amide bonds. The Morgan fingerprint density at radius 2 is 1.94 bits per heavy atom. The molecule has 0 saturated heterocycles. The number of aromatic nitrogens is 2. The number of hydrogen-bond donors (Lipinski definition) is 2. The molecule has 0 aliphatic heterocycles. The van der Waals surface area contributed by atoms with E-state index in [0.717, 1.165) is 0 Å². The molecule has 94 valence electrons. The normalized spacial score (nSPS) is 13.0. The second-order valence-corrected chi connectivity index (χ2v) is 5.16. The Bertz CT molecular complexity index is 403. The fourth-order valence-corrected chi connectivity index (χ4v) is 1.33. The molecule has 1 heterocycles. The predicted molar refractivity (Wildman–Crippen MR) is 68.0 cm³/mol. The van der Waals surface area contributed by atoms with Crippen LogP contribution in [0.4, 0.5) is 5.82 Å². The molecule has 0 saturated carbocycles. The van der Waals surface area contributed by atoms with Crippen LogP contribution in [-0.2, 0) is 4.79 Å². The second kappa shape index (κ2) is 5.31. The minimum absolute atomic E-state index is 0.112. The summed E-state index contributed by atoms with van der Waals surface area (Å²) in [4.78, 5) is 19.7. The van der Waals surface area contributed by atoms with Gasteiger partial charge < -0.3 is 10.6 Å². The van der Waals surface area contributed by atoms with Crippen molar-refractivity contribution in [1.29, 1.82) is 0 Å². The van der Waals surface area contributed by atoms with Gasteiger partial charge in [-0.25, -0.2) is 9.97 Å². The lowest BCUT2D eigenvalue weighted by Crippen LogP contribution is -2.47. The topological polar surface area (TPSA) is 66.9 Å². The Morgan fingerprint density at radius 3 is 2.47 bits per heavy atom. The van der Waals surface area contributed by atoms with Crippen molar-refractivity contribution in [2.45, 2.75) is 39.3 Å². The van der Waals surface area contributed by atoms with Crippen LogP contribution in [0, 0.1) is 0 Å². The quantitative estimate of drug-likeness (QED) is 0.866. The van der Waals surface area contributed by atoms with Gasteiger partial charge in [0, 0.05) is 17.9 Å². The molecule has 6 heteroatoms. The number of anilines is 1. The maximum absolute atomic E-state index is 11.8. The summed E-state index contributed by atoms with van der Waals surface area (Å²) in [5.41, 5.74) is -0.265. The van der Waals surface area contributed by atoms with Crippen LogP contribution in [0.2, 0.25) is 5.15 Å². The molecule has 0 aliphatic carbocycles. The number of halogens is 1. The van der Waals surface area contributed by atoms with E-state index >= 15 is 0 Å². The van der Waals surface area contributed by atoms with E-state index in [0.29, 0.717) is 5.82 Å². The molecule has 1 aromatic rings.